The first kappa shape index (κ1) is 24.6. The number of methoxy groups -OCH3 is 1. The van der Waals surface area contributed by atoms with E-state index >= 15 is 0 Å². The van der Waals surface area contributed by atoms with E-state index < -0.39 is 23.5 Å². The molecular weight excluding hydrogens is 464 g/mol. The van der Waals surface area contributed by atoms with Crippen molar-refractivity contribution in [2.24, 2.45) is 0 Å². The van der Waals surface area contributed by atoms with Gasteiger partial charge in [0.2, 0.25) is 5.91 Å². The standard InChI is InChI=1S/C26H26N4O6/c1-5-20(24(31)27-18-12-10-16(11-13-18)26(33)35-6-2)30-25(32)23-21(15(3)36-29-23)22(28-30)17-8-7-9-19(14-17)34-4/h7-14,20H,5-6H2,1-4H3,(H,27,31)/t20-/m0/s1. The molecule has 0 radical (unpaired) electrons. The maximum absolute atomic E-state index is 13.3. The van der Waals surface area contributed by atoms with Crippen LogP contribution in [0.25, 0.3) is 22.2 Å². The number of aryl methyl sites for hydroxylation is 1. The van der Waals surface area contributed by atoms with Gasteiger partial charge in [-0.2, -0.15) is 5.10 Å². The molecule has 10 nitrogen and oxygen atoms in total. The zero-order valence-corrected chi connectivity index (χ0v) is 20.4. The molecule has 2 aromatic heterocycles. The number of amides is 1. The third kappa shape index (κ3) is 4.70. The predicted octanol–water partition coefficient (Wildman–Crippen LogP) is 4.14. The van der Waals surface area contributed by atoms with E-state index in [0.717, 1.165) is 4.68 Å². The van der Waals surface area contributed by atoms with Crippen molar-refractivity contribution in [3.8, 4) is 17.0 Å². The number of anilines is 1. The first-order chi connectivity index (χ1) is 17.4. The third-order valence-corrected chi connectivity index (χ3v) is 5.71. The number of ether oxygens (including phenoxy) is 2. The van der Waals surface area contributed by atoms with Crippen molar-refractivity contribution in [2.45, 2.75) is 33.2 Å². The lowest BCUT2D eigenvalue weighted by molar-refractivity contribution is -0.119. The molecule has 1 atom stereocenters. The summed E-state index contributed by atoms with van der Waals surface area (Å²) in [6.07, 6.45) is 0.291. The van der Waals surface area contributed by atoms with Gasteiger partial charge in [0, 0.05) is 11.3 Å². The van der Waals surface area contributed by atoms with Gasteiger partial charge < -0.3 is 19.3 Å². The Balaban J connectivity index is 1.72. The van der Waals surface area contributed by atoms with Crippen LogP contribution >= 0.6 is 0 Å². The Morgan fingerprint density at radius 1 is 1.14 bits per heavy atom. The van der Waals surface area contributed by atoms with Crippen LogP contribution in [-0.2, 0) is 9.53 Å². The molecule has 0 fully saturated rings. The number of nitrogens with one attached hydrogen (secondary N) is 1. The quantitative estimate of drug-likeness (QED) is 0.365. The second kappa shape index (κ2) is 10.4. The van der Waals surface area contributed by atoms with Crippen LogP contribution in [0, 0.1) is 6.92 Å². The number of hydrogen-bond acceptors (Lipinski definition) is 8. The highest BCUT2D eigenvalue weighted by atomic mass is 16.5. The van der Waals surface area contributed by atoms with E-state index in [1.165, 1.54) is 0 Å². The largest absolute Gasteiger partial charge is 0.497 e. The summed E-state index contributed by atoms with van der Waals surface area (Å²) in [5, 5.41) is 11.8. The molecule has 0 unspecified atom stereocenters. The summed E-state index contributed by atoms with van der Waals surface area (Å²) in [7, 11) is 1.56. The van der Waals surface area contributed by atoms with Crippen molar-refractivity contribution in [2.75, 3.05) is 19.0 Å². The van der Waals surface area contributed by atoms with Crippen molar-refractivity contribution in [1.82, 2.24) is 14.9 Å². The maximum atomic E-state index is 13.3. The van der Waals surface area contributed by atoms with Crippen molar-refractivity contribution in [1.29, 1.82) is 0 Å². The van der Waals surface area contributed by atoms with Crippen LogP contribution in [0.15, 0.2) is 57.8 Å². The zero-order chi connectivity index (χ0) is 25.8. The molecule has 0 saturated carbocycles. The van der Waals surface area contributed by atoms with Gasteiger partial charge in [-0.3, -0.25) is 9.59 Å². The number of rotatable bonds is 8. The van der Waals surface area contributed by atoms with Crippen molar-refractivity contribution >= 4 is 28.5 Å². The lowest BCUT2D eigenvalue weighted by atomic mass is 10.1. The number of hydrogen-bond donors (Lipinski definition) is 1. The van der Waals surface area contributed by atoms with Crippen LogP contribution in [0.4, 0.5) is 5.69 Å². The molecule has 10 heteroatoms. The van der Waals surface area contributed by atoms with Crippen LogP contribution in [0.5, 0.6) is 5.75 Å². The predicted molar refractivity (Wildman–Crippen MR) is 133 cm³/mol. The number of benzene rings is 2. The molecule has 2 aromatic carbocycles. The van der Waals surface area contributed by atoms with Gasteiger partial charge in [-0.15, -0.1) is 0 Å². The summed E-state index contributed by atoms with van der Waals surface area (Å²) in [4.78, 5) is 38.4. The van der Waals surface area contributed by atoms with E-state index in [0.29, 0.717) is 45.8 Å². The normalized spacial score (nSPS) is 11.8. The molecular formula is C26H26N4O6. The molecule has 0 bridgehead atoms. The van der Waals surface area contributed by atoms with Crippen molar-refractivity contribution in [3.63, 3.8) is 0 Å². The molecule has 2 heterocycles. The second-order valence-electron chi connectivity index (χ2n) is 8.00. The Morgan fingerprint density at radius 3 is 2.56 bits per heavy atom. The first-order valence-electron chi connectivity index (χ1n) is 11.5. The fraction of sp³-hybridized carbons (Fsp3) is 0.269. The maximum Gasteiger partial charge on any atom is 0.338 e. The average Bonchev–Trinajstić information content (AvgIpc) is 3.28. The Labute approximate surface area is 206 Å². The van der Waals surface area contributed by atoms with Crippen LogP contribution in [0.1, 0.15) is 42.4 Å². The summed E-state index contributed by atoms with van der Waals surface area (Å²) in [5.74, 6) is 0.176. The zero-order valence-electron chi connectivity index (χ0n) is 20.4. The number of esters is 1. The van der Waals surface area contributed by atoms with Crippen LogP contribution < -0.4 is 15.6 Å². The number of aromatic nitrogens is 3. The lowest BCUT2D eigenvalue weighted by Gasteiger charge is -2.18. The molecule has 0 saturated heterocycles. The number of carbonyl (C=O) groups is 2. The Kier molecular flexibility index (Phi) is 7.14. The van der Waals surface area contributed by atoms with Crippen LogP contribution in [0.2, 0.25) is 0 Å². The number of fused-ring (bicyclic) bond motifs is 1. The SMILES string of the molecule is CCOC(=O)c1ccc(NC(=O)[C@H](CC)n2nc(-c3cccc(OC)c3)c3c(C)onc3c2=O)cc1. The molecule has 1 amide bonds. The molecule has 4 rings (SSSR count). The molecule has 0 aliphatic carbocycles. The molecule has 0 aliphatic heterocycles. The fourth-order valence-corrected chi connectivity index (χ4v) is 3.89. The van der Waals surface area contributed by atoms with Gasteiger partial charge in [-0.05, 0) is 56.7 Å². The first-order valence-corrected chi connectivity index (χ1v) is 11.5. The highest BCUT2D eigenvalue weighted by Gasteiger charge is 2.26. The molecule has 1 N–H and O–H groups in total. The Morgan fingerprint density at radius 2 is 1.89 bits per heavy atom. The van der Waals surface area contributed by atoms with Gasteiger partial charge in [0.05, 0.1) is 24.7 Å². The van der Waals surface area contributed by atoms with E-state index in [1.807, 2.05) is 12.1 Å². The van der Waals surface area contributed by atoms with Gasteiger partial charge in [-0.25, -0.2) is 9.48 Å². The molecule has 0 aliphatic rings. The van der Waals surface area contributed by atoms with E-state index in [-0.39, 0.29) is 12.1 Å². The topological polar surface area (TPSA) is 126 Å². The van der Waals surface area contributed by atoms with Gasteiger partial charge in [0.1, 0.15) is 23.2 Å². The highest BCUT2D eigenvalue weighted by Crippen LogP contribution is 2.30. The van der Waals surface area contributed by atoms with Crippen molar-refractivity contribution < 1.29 is 23.6 Å². The number of carbonyl (C=O) groups excluding carboxylic acids is 2. The molecule has 0 spiro atoms. The minimum atomic E-state index is -0.923. The van der Waals surface area contributed by atoms with E-state index in [1.54, 1.807) is 64.3 Å². The molecule has 186 valence electrons. The summed E-state index contributed by atoms with van der Waals surface area (Å²) >= 11 is 0. The lowest BCUT2D eigenvalue weighted by Crippen LogP contribution is -2.35. The minimum Gasteiger partial charge on any atom is -0.497 e. The third-order valence-electron chi connectivity index (χ3n) is 5.71. The molecule has 36 heavy (non-hydrogen) atoms. The monoisotopic (exact) mass is 490 g/mol. The average molecular weight is 491 g/mol. The van der Waals surface area contributed by atoms with E-state index in [4.69, 9.17) is 14.0 Å². The fourth-order valence-electron chi connectivity index (χ4n) is 3.89. The smallest absolute Gasteiger partial charge is 0.338 e. The summed E-state index contributed by atoms with van der Waals surface area (Å²) in [5.41, 5.74) is 1.52. The summed E-state index contributed by atoms with van der Waals surface area (Å²) in [6.45, 7) is 5.48. The van der Waals surface area contributed by atoms with Gasteiger partial charge in [0.15, 0.2) is 5.52 Å². The van der Waals surface area contributed by atoms with Gasteiger partial charge in [-0.1, -0.05) is 24.2 Å². The molecule has 4 aromatic rings. The van der Waals surface area contributed by atoms with E-state index in [2.05, 4.69) is 15.6 Å². The van der Waals surface area contributed by atoms with Gasteiger partial charge >= 0.3 is 5.97 Å². The summed E-state index contributed by atoms with van der Waals surface area (Å²) in [6, 6.07) is 12.6. The van der Waals surface area contributed by atoms with Crippen molar-refractivity contribution in [3.05, 3.63) is 70.2 Å². The van der Waals surface area contributed by atoms with Crippen LogP contribution in [0.3, 0.4) is 0 Å². The van der Waals surface area contributed by atoms with Gasteiger partial charge in [0.25, 0.3) is 5.56 Å². The Hall–Kier alpha value is -4.47. The Bertz CT molecular complexity index is 1470. The minimum absolute atomic E-state index is 0.0883. The number of nitrogens with zero attached hydrogens (tertiary/aromatic N) is 3. The summed E-state index contributed by atoms with van der Waals surface area (Å²) < 4.78 is 16.8. The van der Waals surface area contributed by atoms with E-state index in [9.17, 15) is 14.4 Å². The van der Waals surface area contributed by atoms with Crippen LogP contribution in [-0.4, -0.2) is 40.5 Å². The second-order valence-corrected chi connectivity index (χ2v) is 8.00. The highest BCUT2D eigenvalue weighted by molar-refractivity contribution is 5.96.